The number of hydrogen-bond acceptors (Lipinski definition) is 8. The van der Waals surface area contributed by atoms with Gasteiger partial charge in [-0.15, -0.1) is 0 Å². The van der Waals surface area contributed by atoms with Gasteiger partial charge in [-0.2, -0.15) is 0 Å². The van der Waals surface area contributed by atoms with Crippen molar-refractivity contribution in [2.75, 3.05) is 26.7 Å². The standard InChI is InChI=1S/C31H48BN5O8/c1-6-10-25(32(42)43)33-27(38)24-15-23(45-30(41)36-16-20-11-7-8-12-21(20)17-36)19-37(24)28(39)26(31(2,3)4)34-29(40)35(5)18-22-13-9-14-44-22/h7-8,11-12,22-26,42-43H,6,9-10,13-19H2,1-5H3,(H,33,38)(H,34,40)/t22-,23-,24+,25+,26-/m1/s1. The molecule has 0 saturated carbocycles. The molecule has 5 amide bonds. The second kappa shape index (κ2) is 14.8. The molecule has 4 rings (SSSR count). The van der Waals surface area contributed by atoms with Crippen LogP contribution in [0.5, 0.6) is 0 Å². The van der Waals surface area contributed by atoms with Gasteiger partial charge in [0.15, 0.2) is 0 Å². The fourth-order valence-corrected chi connectivity index (χ4v) is 6.16. The molecule has 3 aliphatic rings. The highest BCUT2D eigenvalue weighted by atomic mass is 16.6. The maximum Gasteiger partial charge on any atom is 0.475 e. The van der Waals surface area contributed by atoms with Crippen molar-refractivity contribution in [1.29, 1.82) is 0 Å². The van der Waals surface area contributed by atoms with Crippen molar-refractivity contribution in [2.45, 2.75) is 103 Å². The van der Waals surface area contributed by atoms with Crippen LogP contribution in [-0.4, -0.2) is 113 Å². The molecule has 0 spiro atoms. The minimum Gasteiger partial charge on any atom is -0.444 e. The zero-order valence-electron chi connectivity index (χ0n) is 27.0. The van der Waals surface area contributed by atoms with Gasteiger partial charge in [-0.05, 0) is 35.8 Å². The average Bonchev–Trinajstić information content (AvgIpc) is 3.74. The monoisotopic (exact) mass is 629 g/mol. The molecule has 3 aliphatic heterocycles. The Morgan fingerprint density at radius 1 is 1.13 bits per heavy atom. The first kappa shape index (κ1) is 34.5. The molecule has 1 aromatic rings. The van der Waals surface area contributed by atoms with E-state index in [2.05, 4.69) is 10.6 Å². The van der Waals surface area contributed by atoms with Gasteiger partial charge in [0, 0.05) is 39.7 Å². The van der Waals surface area contributed by atoms with Crippen molar-refractivity contribution >= 4 is 31.1 Å². The molecule has 2 fully saturated rings. The number of likely N-dealkylation sites (tertiary alicyclic amines) is 1. The van der Waals surface area contributed by atoms with Gasteiger partial charge in [0.1, 0.15) is 18.2 Å². The maximum absolute atomic E-state index is 14.2. The van der Waals surface area contributed by atoms with E-state index in [9.17, 15) is 29.2 Å². The van der Waals surface area contributed by atoms with E-state index in [0.29, 0.717) is 39.1 Å². The normalized spacial score (nSPS) is 22.4. The molecule has 0 aromatic heterocycles. The molecule has 4 N–H and O–H groups in total. The Labute approximate surface area is 265 Å². The van der Waals surface area contributed by atoms with E-state index in [1.165, 1.54) is 9.80 Å². The highest BCUT2D eigenvalue weighted by Gasteiger charge is 2.47. The molecule has 14 heteroatoms. The Kier molecular flexibility index (Phi) is 11.4. The van der Waals surface area contributed by atoms with Gasteiger partial charge in [-0.3, -0.25) is 14.5 Å². The number of urea groups is 1. The van der Waals surface area contributed by atoms with Crippen LogP contribution >= 0.6 is 0 Å². The summed E-state index contributed by atoms with van der Waals surface area (Å²) < 4.78 is 11.5. The number of rotatable bonds is 10. The highest BCUT2D eigenvalue weighted by molar-refractivity contribution is 6.43. The van der Waals surface area contributed by atoms with Crippen LogP contribution in [0.1, 0.15) is 70.9 Å². The van der Waals surface area contributed by atoms with Crippen LogP contribution in [0.4, 0.5) is 9.59 Å². The number of fused-ring (bicyclic) bond motifs is 1. The van der Waals surface area contributed by atoms with Crippen molar-refractivity contribution in [3.8, 4) is 0 Å². The lowest BCUT2D eigenvalue weighted by atomic mass is 9.76. The third-order valence-electron chi connectivity index (χ3n) is 8.73. The second-order valence-electron chi connectivity index (χ2n) is 13.5. The van der Waals surface area contributed by atoms with Crippen molar-refractivity contribution < 1.29 is 38.7 Å². The minimum atomic E-state index is -1.79. The third-order valence-corrected chi connectivity index (χ3v) is 8.73. The van der Waals surface area contributed by atoms with E-state index in [1.807, 2.05) is 52.0 Å². The number of amides is 5. The number of carbonyl (C=O) groups excluding carboxylic acids is 4. The van der Waals surface area contributed by atoms with Crippen molar-refractivity contribution in [1.82, 2.24) is 25.3 Å². The van der Waals surface area contributed by atoms with E-state index in [0.717, 1.165) is 24.0 Å². The van der Waals surface area contributed by atoms with Crippen molar-refractivity contribution in [3.05, 3.63) is 35.4 Å². The second-order valence-corrected chi connectivity index (χ2v) is 13.5. The van der Waals surface area contributed by atoms with Crippen molar-refractivity contribution in [3.63, 3.8) is 0 Å². The van der Waals surface area contributed by atoms with Crippen LogP contribution in [0.3, 0.4) is 0 Å². The van der Waals surface area contributed by atoms with Crippen LogP contribution in [0, 0.1) is 5.41 Å². The predicted octanol–water partition coefficient (Wildman–Crippen LogP) is 1.64. The molecule has 1 aromatic carbocycles. The fraction of sp³-hybridized carbons (Fsp3) is 0.677. The molecule has 248 valence electrons. The van der Waals surface area contributed by atoms with E-state index < -0.39 is 60.6 Å². The average molecular weight is 630 g/mol. The van der Waals surface area contributed by atoms with Gasteiger partial charge < -0.3 is 40.0 Å². The van der Waals surface area contributed by atoms with E-state index in [4.69, 9.17) is 9.47 Å². The van der Waals surface area contributed by atoms with Crippen LogP contribution in [0.15, 0.2) is 24.3 Å². The highest BCUT2D eigenvalue weighted by Crippen LogP contribution is 2.29. The first-order valence-electron chi connectivity index (χ1n) is 15.9. The van der Waals surface area contributed by atoms with Crippen LogP contribution in [0.25, 0.3) is 0 Å². The van der Waals surface area contributed by atoms with Gasteiger partial charge >= 0.3 is 19.2 Å². The van der Waals surface area contributed by atoms with E-state index >= 15 is 0 Å². The minimum absolute atomic E-state index is 0.0220. The van der Waals surface area contributed by atoms with Gasteiger partial charge in [-0.25, -0.2) is 9.59 Å². The Morgan fingerprint density at radius 2 is 1.80 bits per heavy atom. The lowest BCUT2D eigenvalue weighted by Gasteiger charge is -2.36. The summed E-state index contributed by atoms with van der Waals surface area (Å²) in [6.07, 6.45) is 1.32. The molecule has 0 unspecified atom stereocenters. The summed E-state index contributed by atoms with van der Waals surface area (Å²) in [5.41, 5.74) is 1.33. The summed E-state index contributed by atoms with van der Waals surface area (Å²) in [7, 11) is -0.140. The summed E-state index contributed by atoms with van der Waals surface area (Å²) in [4.78, 5) is 58.7. The molecule has 5 atom stereocenters. The number of ether oxygens (including phenoxy) is 2. The summed E-state index contributed by atoms with van der Waals surface area (Å²) in [6.45, 7) is 9.10. The molecule has 0 radical (unpaired) electrons. The van der Waals surface area contributed by atoms with Gasteiger partial charge in [0.05, 0.1) is 18.6 Å². The molecule has 0 bridgehead atoms. The molecular formula is C31H48BN5O8. The number of nitrogens with zero attached hydrogens (tertiary/aromatic N) is 3. The summed E-state index contributed by atoms with van der Waals surface area (Å²) in [6, 6.07) is 5.23. The van der Waals surface area contributed by atoms with E-state index in [-0.39, 0.29) is 19.1 Å². The number of nitrogens with one attached hydrogen (secondary N) is 2. The predicted molar refractivity (Wildman–Crippen MR) is 166 cm³/mol. The molecule has 45 heavy (non-hydrogen) atoms. The SMILES string of the molecule is CCC[C@H](NC(=O)[C@@H]1C[C@@H](OC(=O)N2Cc3ccccc3C2)CN1C(=O)[C@@H](NC(=O)N(C)C[C@H]1CCCO1)C(C)(C)C)B(O)O. The van der Waals surface area contributed by atoms with E-state index in [1.54, 1.807) is 11.9 Å². The lowest BCUT2D eigenvalue weighted by Crippen LogP contribution is -2.60. The Bertz CT molecular complexity index is 1200. The summed E-state index contributed by atoms with van der Waals surface area (Å²) >= 11 is 0. The zero-order valence-corrected chi connectivity index (χ0v) is 27.0. The number of carbonyl (C=O) groups is 4. The maximum atomic E-state index is 14.2. The molecule has 13 nitrogen and oxygen atoms in total. The third kappa shape index (κ3) is 8.68. The first-order chi connectivity index (χ1) is 21.3. The Balaban J connectivity index is 1.51. The number of likely N-dealkylation sites (N-methyl/N-ethyl adjacent to an activating group) is 1. The van der Waals surface area contributed by atoms with Crippen molar-refractivity contribution in [2.24, 2.45) is 5.41 Å². The number of benzene rings is 1. The summed E-state index contributed by atoms with van der Waals surface area (Å²) in [5, 5.41) is 25.2. The van der Waals surface area contributed by atoms with Crippen LogP contribution < -0.4 is 10.6 Å². The Hall–Kier alpha value is -3.36. The van der Waals surface area contributed by atoms with Crippen LogP contribution in [-0.2, 0) is 32.2 Å². The fourth-order valence-electron chi connectivity index (χ4n) is 6.16. The topological polar surface area (TPSA) is 161 Å². The molecule has 2 saturated heterocycles. The smallest absolute Gasteiger partial charge is 0.444 e. The quantitative estimate of drug-likeness (QED) is 0.284. The van der Waals surface area contributed by atoms with Crippen LogP contribution in [0.2, 0.25) is 0 Å². The van der Waals surface area contributed by atoms with Gasteiger partial charge in [-0.1, -0.05) is 58.4 Å². The Morgan fingerprint density at radius 3 is 2.36 bits per heavy atom. The first-order valence-corrected chi connectivity index (χ1v) is 15.9. The molecule has 3 heterocycles. The van der Waals surface area contributed by atoms with Gasteiger partial charge in [0.25, 0.3) is 0 Å². The number of hydrogen-bond donors (Lipinski definition) is 4. The largest absolute Gasteiger partial charge is 0.475 e. The molecule has 0 aliphatic carbocycles. The zero-order chi connectivity index (χ0) is 32.9. The summed E-state index contributed by atoms with van der Waals surface area (Å²) in [5.74, 6) is -2.02. The van der Waals surface area contributed by atoms with Gasteiger partial charge in [0.2, 0.25) is 11.8 Å². The molecular weight excluding hydrogens is 581 g/mol. The lowest BCUT2D eigenvalue weighted by molar-refractivity contribution is -0.142.